The quantitative estimate of drug-likeness (QED) is 0.774. The standard InChI is InChI=1S/C15H18N2O3/c1-10(18)7-14(19)16-9-11-3-2-4-13(8-11)17-15(20)12-5-6-12/h2-4,8,12H,5-7,9H2,1H3,(H,16,19)(H,17,20). The maximum absolute atomic E-state index is 11.7. The number of anilines is 1. The first-order valence-electron chi connectivity index (χ1n) is 6.70. The van der Waals surface area contributed by atoms with Crippen LogP contribution in [-0.2, 0) is 20.9 Å². The highest BCUT2D eigenvalue weighted by atomic mass is 16.2. The van der Waals surface area contributed by atoms with Gasteiger partial charge in [-0.15, -0.1) is 0 Å². The van der Waals surface area contributed by atoms with Gasteiger partial charge in [0.25, 0.3) is 0 Å². The summed E-state index contributed by atoms with van der Waals surface area (Å²) in [5.41, 5.74) is 1.62. The molecule has 1 fully saturated rings. The molecule has 0 atom stereocenters. The molecule has 0 spiro atoms. The molecule has 0 radical (unpaired) electrons. The summed E-state index contributed by atoms with van der Waals surface area (Å²) in [6, 6.07) is 7.34. The molecule has 0 bridgehead atoms. The van der Waals surface area contributed by atoms with Crippen LogP contribution in [0.2, 0.25) is 0 Å². The number of hydrogen-bond donors (Lipinski definition) is 2. The minimum Gasteiger partial charge on any atom is -0.352 e. The Morgan fingerprint density at radius 1 is 1.25 bits per heavy atom. The molecule has 0 saturated heterocycles. The molecule has 1 aliphatic carbocycles. The van der Waals surface area contributed by atoms with Crippen molar-refractivity contribution >= 4 is 23.3 Å². The van der Waals surface area contributed by atoms with Crippen LogP contribution in [0.25, 0.3) is 0 Å². The maximum Gasteiger partial charge on any atom is 0.227 e. The lowest BCUT2D eigenvalue weighted by molar-refractivity contribution is -0.127. The summed E-state index contributed by atoms with van der Waals surface area (Å²) in [7, 11) is 0. The Balaban J connectivity index is 1.87. The Morgan fingerprint density at radius 3 is 2.65 bits per heavy atom. The van der Waals surface area contributed by atoms with E-state index in [1.54, 1.807) is 0 Å². The Morgan fingerprint density at radius 2 is 2.00 bits per heavy atom. The van der Waals surface area contributed by atoms with E-state index in [2.05, 4.69) is 10.6 Å². The van der Waals surface area contributed by atoms with Gasteiger partial charge in [-0.1, -0.05) is 12.1 Å². The molecule has 5 heteroatoms. The summed E-state index contributed by atoms with van der Waals surface area (Å²) in [6.45, 7) is 1.73. The van der Waals surface area contributed by atoms with E-state index in [-0.39, 0.29) is 29.9 Å². The molecule has 2 N–H and O–H groups in total. The number of benzene rings is 1. The van der Waals surface area contributed by atoms with Crippen LogP contribution in [0.15, 0.2) is 24.3 Å². The van der Waals surface area contributed by atoms with Crippen LogP contribution in [0.4, 0.5) is 5.69 Å². The third-order valence-corrected chi connectivity index (χ3v) is 3.04. The van der Waals surface area contributed by atoms with Crippen molar-refractivity contribution in [3.8, 4) is 0 Å². The zero-order chi connectivity index (χ0) is 14.5. The molecule has 1 aliphatic rings. The number of nitrogens with one attached hydrogen (secondary N) is 2. The van der Waals surface area contributed by atoms with Crippen LogP contribution < -0.4 is 10.6 Å². The van der Waals surface area contributed by atoms with Crippen LogP contribution in [0.1, 0.15) is 31.7 Å². The largest absolute Gasteiger partial charge is 0.352 e. The van der Waals surface area contributed by atoms with Gasteiger partial charge in [0.2, 0.25) is 11.8 Å². The molecule has 0 unspecified atom stereocenters. The molecule has 0 aromatic heterocycles. The van der Waals surface area contributed by atoms with E-state index >= 15 is 0 Å². The Labute approximate surface area is 117 Å². The van der Waals surface area contributed by atoms with Crippen LogP contribution in [-0.4, -0.2) is 17.6 Å². The molecule has 1 saturated carbocycles. The van der Waals surface area contributed by atoms with Crippen molar-refractivity contribution < 1.29 is 14.4 Å². The van der Waals surface area contributed by atoms with E-state index < -0.39 is 0 Å². The second-order valence-corrected chi connectivity index (χ2v) is 5.12. The van der Waals surface area contributed by atoms with Gasteiger partial charge in [0, 0.05) is 18.2 Å². The Kier molecular flexibility index (Phi) is 4.50. The lowest BCUT2D eigenvalue weighted by Gasteiger charge is -2.08. The summed E-state index contributed by atoms with van der Waals surface area (Å²) in [5.74, 6) is -0.227. The van der Waals surface area contributed by atoms with Crippen molar-refractivity contribution in [1.82, 2.24) is 5.32 Å². The number of hydrogen-bond acceptors (Lipinski definition) is 3. The van der Waals surface area contributed by atoms with Gasteiger partial charge in [-0.05, 0) is 37.5 Å². The van der Waals surface area contributed by atoms with E-state index in [4.69, 9.17) is 0 Å². The normalized spacial score (nSPS) is 13.7. The smallest absolute Gasteiger partial charge is 0.227 e. The van der Waals surface area contributed by atoms with Crippen molar-refractivity contribution in [2.45, 2.75) is 32.7 Å². The molecule has 106 valence electrons. The Bertz CT molecular complexity index is 536. The lowest BCUT2D eigenvalue weighted by Crippen LogP contribution is -2.24. The summed E-state index contributed by atoms with van der Waals surface area (Å²) in [6.07, 6.45) is 1.83. The SMILES string of the molecule is CC(=O)CC(=O)NCc1cccc(NC(=O)C2CC2)c1. The fourth-order valence-electron chi connectivity index (χ4n) is 1.84. The molecule has 2 amide bonds. The van der Waals surface area contributed by atoms with Crippen molar-refractivity contribution in [2.75, 3.05) is 5.32 Å². The molecule has 1 aromatic carbocycles. The minimum atomic E-state index is -0.287. The van der Waals surface area contributed by atoms with Gasteiger partial charge in [-0.25, -0.2) is 0 Å². The highest BCUT2D eigenvalue weighted by molar-refractivity contribution is 5.96. The van der Waals surface area contributed by atoms with Gasteiger partial charge in [-0.2, -0.15) is 0 Å². The summed E-state index contributed by atoms with van der Waals surface area (Å²) >= 11 is 0. The fourth-order valence-corrected chi connectivity index (χ4v) is 1.84. The number of carbonyl (C=O) groups is 3. The first-order chi connectivity index (χ1) is 9.54. The number of rotatable bonds is 6. The van der Waals surface area contributed by atoms with E-state index in [1.165, 1.54) is 6.92 Å². The van der Waals surface area contributed by atoms with Crippen LogP contribution in [0.3, 0.4) is 0 Å². The van der Waals surface area contributed by atoms with E-state index in [1.807, 2.05) is 24.3 Å². The first-order valence-corrected chi connectivity index (χ1v) is 6.70. The second-order valence-electron chi connectivity index (χ2n) is 5.12. The topological polar surface area (TPSA) is 75.3 Å². The second kappa shape index (κ2) is 6.32. The zero-order valence-electron chi connectivity index (χ0n) is 11.4. The van der Waals surface area contributed by atoms with Gasteiger partial charge in [0.15, 0.2) is 0 Å². The summed E-state index contributed by atoms with van der Waals surface area (Å²) in [5, 5.41) is 5.53. The number of amides is 2. The maximum atomic E-state index is 11.7. The minimum absolute atomic E-state index is 0.0581. The predicted octanol–water partition coefficient (Wildman–Crippen LogP) is 1.63. The van der Waals surface area contributed by atoms with Crippen molar-refractivity contribution in [1.29, 1.82) is 0 Å². The molecule has 0 heterocycles. The summed E-state index contributed by atoms with van der Waals surface area (Å²) < 4.78 is 0. The first kappa shape index (κ1) is 14.2. The van der Waals surface area contributed by atoms with Crippen LogP contribution in [0.5, 0.6) is 0 Å². The molecular weight excluding hydrogens is 256 g/mol. The van der Waals surface area contributed by atoms with Gasteiger partial charge >= 0.3 is 0 Å². The van der Waals surface area contributed by atoms with Crippen molar-refractivity contribution in [3.05, 3.63) is 29.8 Å². The van der Waals surface area contributed by atoms with Gasteiger partial charge in [0.05, 0.1) is 6.42 Å². The third-order valence-electron chi connectivity index (χ3n) is 3.04. The third kappa shape index (κ3) is 4.50. The van der Waals surface area contributed by atoms with Crippen LogP contribution >= 0.6 is 0 Å². The zero-order valence-corrected chi connectivity index (χ0v) is 11.4. The van der Waals surface area contributed by atoms with Gasteiger partial charge in [0.1, 0.15) is 5.78 Å². The molecular formula is C15H18N2O3. The van der Waals surface area contributed by atoms with Gasteiger partial charge < -0.3 is 10.6 Å². The number of Topliss-reactive ketones (excluding diaryl/α,β-unsaturated/α-hetero) is 1. The highest BCUT2D eigenvalue weighted by Gasteiger charge is 2.29. The van der Waals surface area contributed by atoms with E-state index in [0.29, 0.717) is 6.54 Å². The van der Waals surface area contributed by atoms with Gasteiger partial charge in [-0.3, -0.25) is 14.4 Å². The molecule has 2 rings (SSSR count). The number of carbonyl (C=O) groups excluding carboxylic acids is 3. The fraction of sp³-hybridized carbons (Fsp3) is 0.400. The number of ketones is 1. The average Bonchev–Trinajstić information content (AvgIpc) is 3.20. The molecule has 5 nitrogen and oxygen atoms in total. The van der Waals surface area contributed by atoms with E-state index in [9.17, 15) is 14.4 Å². The van der Waals surface area contributed by atoms with E-state index in [0.717, 1.165) is 24.1 Å². The Hall–Kier alpha value is -2.17. The van der Waals surface area contributed by atoms with Crippen LogP contribution in [0, 0.1) is 5.92 Å². The monoisotopic (exact) mass is 274 g/mol. The molecule has 1 aromatic rings. The highest BCUT2D eigenvalue weighted by Crippen LogP contribution is 2.30. The van der Waals surface area contributed by atoms with Crippen molar-refractivity contribution in [2.24, 2.45) is 5.92 Å². The lowest BCUT2D eigenvalue weighted by atomic mass is 10.2. The van der Waals surface area contributed by atoms with Crippen molar-refractivity contribution in [3.63, 3.8) is 0 Å². The molecule has 20 heavy (non-hydrogen) atoms. The predicted molar refractivity (Wildman–Crippen MR) is 74.9 cm³/mol. The summed E-state index contributed by atoms with van der Waals surface area (Å²) in [4.78, 5) is 33.8. The average molecular weight is 274 g/mol. The molecule has 0 aliphatic heterocycles.